The lowest BCUT2D eigenvalue weighted by Gasteiger charge is -2.33. The summed E-state index contributed by atoms with van der Waals surface area (Å²) in [5.41, 5.74) is 1.29. The van der Waals surface area contributed by atoms with Gasteiger partial charge in [-0.1, -0.05) is 84.9 Å². The smallest absolute Gasteiger partial charge is 0.264 e. The van der Waals surface area contributed by atoms with Gasteiger partial charge in [0.15, 0.2) is 0 Å². The number of hydrogen-bond acceptors (Lipinski definition) is 4. The number of sulfonamides is 1. The van der Waals surface area contributed by atoms with Gasteiger partial charge in [0.05, 0.1) is 10.6 Å². The minimum absolute atomic E-state index is 0.0156. The number of carbonyl (C=O) groups excluding carboxylic acids is 2. The molecule has 0 spiro atoms. The molecule has 2 amide bonds. The molecule has 0 aliphatic rings. The number of hydrogen-bond donors (Lipinski definition) is 1. The summed E-state index contributed by atoms with van der Waals surface area (Å²) in [6.45, 7) is 1.27. The Balaban J connectivity index is 1.78. The second kappa shape index (κ2) is 13.7. The Kier molecular flexibility index (Phi) is 9.86. The lowest BCUT2D eigenvalue weighted by atomic mass is 10.0. The average molecular weight is 574 g/mol. The molecule has 4 rings (SSSR count). The van der Waals surface area contributed by atoms with Crippen molar-refractivity contribution in [2.45, 2.75) is 30.8 Å². The molecule has 0 fully saturated rings. The van der Waals surface area contributed by atoms with Crippen LogP contribution in [0.5, 0.6) is 0 Å². The van der Waals surface area contributed by atoms with E-state index in [1.54, 1.807) is 73.7 Å². The molecule has 41 heavy (non-hydrogen) atoms. The SMILES string of the molecule is CCNC(=O)[C@H](Cc1ccccc1)N(Cc1ccccc1F)C(=O)CN(c1ccccc1)S(=O)(=O)c1ccccc1. The second-order valence-corrected chi connectivity index (χ2v) is 11.2. The Morgan fingerprint density at radius 1 is 0.805 bits per heavy atom. The van der Waals surface area contributed by atoms with E-state index in [1.165, 1.54) is 23.1 Å². The maximum absolute atomic E-state index is 14.8. The number of likely N-dealkylation sites (N-methyl/N-ethyl adjacent to an activating group) is 1. The molecule has 0 radical (unpaired) electrons. The highest BCUT2D eigenvalue weighted by Gasteiger charge is 2.34. The maximum atomic E-state index is 14.8. The van der Waals surface area contributed by atoms with Gasteiger partial charge in [-0.2, -0.15) is 0 Å². The number of carbonyl (C=O) groups is 2. The molecule has 0 unspecified atom stereocenters. The van der Waals surface area contributed by atoms with E-state index in [2.05, 4.69) is 5.32 Å². The first-order chi connectivity index (χ1) is 19.8. The van der Waals surface area contributed by atoms with Crippen molar-refractivity contribution in [1.29, 1.82) is 0 Å². The fourth-order valence-corrected chi connectivity index (χ4v) is 5.93. The zero-order chi connectivity index (χ0) is 29.2. The van der Waals surface area contributed by atoms with Crippen LogP contribution in [-0.4, -0.2) is 44.3 Å². The normalized spacial score (nSPS) is 11.9. The molecule has 9 heteroatoms. The number of benzene rings is 4. The van der Waals surface area contributed by atoms with E-state index in [-0.39, 0.29) is 29.1 Å². The van der Waals surface area contributed by atoms with E-state index in [0.717, 1.165) is 9.87 Å². The number of nitrogens with one attached hydrogen (secondary N) is 1. The first kappa shape index (κ1) is 29.5. The predicted molar refractivity (Wildman–Crippen MR) is 157 cm³/mol. The van der Waals surface area contributed by atoms with E-state index in [1.807, 2.05) is 30.3 Å². The highest BCUT2D eigenvalue weighted by atomic mass is 32.2. The Labute approximate surface area is 240 Å². The van der Waals surface area contributed by atoms with Crippen molar-refractivity contribution in [2.75, 3.05) is 17.4 Å². The van der Waals surface area contributed by atoms with Gasteiger partial charge in [0.1, 0.15) is 18.4 Å². The monoisotopic (exact) mass is 573 g/mol. The molecule has 0 aliphatic heterocycles. The predicted octanol–water partition coefficient (Wildman–Crippen LogP) is 4.80. The minimum atomic E-state index is -4.17. The van der Waals surface area contributed by atoms with Crippen molar-refractivity contribution in [3.05, 3.63) is 132 Å². The zero-order valence-corrected chi connectivity index (χ0v) is 23.5. The number of halogens is 1. The summed E-state index contributed by atoms with van der Waals surface area (Å²) in [5, 5.41) is 2.78. The van der Waals surface area contributed by atoms with Crippen LogP contribution in [0.15, 0.2) is 120 Å². The van der Waals surface area contributed by atoms with Crippen LogP contribution in [0.25, 0.3) is 0 Å². The van der Waals surface area contributed by atoms with Gasteiger partial charge in [-0.3, -0.25) is 13.9 Å². The molecule has 4 aromatic rings. The van der Waals surface area contributed by atoms with Gasteiger partial charge >= 0.3 is 0 Å². The van der Waals surface area contributed by atoms with Crippen molar-refractivity contribution >= 4 is 27.5 Å². The summed E-state index contributed by atoms with van der Waals surface area (Å²) in [7, 11) is -4.17. The third-order valence-electron chi connectivity index (χ3n) is 6.57. The summed E-state index contributed by atoms with van der Waals surface area (Å²) in [6, 6.07) is 30.3. The molecular weight excluding hydrogens is 541 g/mol. The third-order valence-corrected chi connectivity index (χ3v) is 8.36. The molecule has 0 saturated carbocycles. The van der Waals surface area contributed by atoms with Gasteiger partial charge in [0, 0.05) is 25.1 Å². The van der Waals surface area contributed by atoms with Crippen LogP contribution in [0.1, 0.15) is 18.1 Å². The molecule has 7 nitrogen and oxygen atoms in total. The Hall–Kier alpha value is -4.50. The Morgan fingerprint density at radius 3 is 1.98 bits per heavy atom. The zero-order valence-electron chi connectivity index (χ0n) is 22.7. The molecule has 0 heterocycles. The first-order valence-electron chi connectivity index (χ1n) is 13.3. The standard InChI is InChI=1S/C32H32FN3O4S/c1-2-34-32(38)30(22-25-14-6-3-7-15-25)35(23-26-16-12-13-21-29(26)33)31(37)24-36(27-17-8-4-9-18-27)41(39,40)28-19-10-5-11-20-28/h3-21,30H,2,22-24H2,1H3,(H,34,38)/t30-/m0/s1. The van der Waals surface area contributed by atoms with Gasteiger partial charge < -0.3 is 10.2 Å². The van der Waals surface area contributed by atoms with E-state index in [0.29, 0.717) is 6.54 Å². The summed E-state index contributed by atoms with van der Waals surface area (Å²) >= 11 is 0. The van der Waals surface area contributed by atoms with Crippen molar-refractivity contribution in [1.82, 2.24) is 10.2 Å². The van der Waals surface area contributed by atoms with E-state index in [4.69, 9.17) is 0 Å². The number of amides is 2. The molecule has 4 aromatic carbocycles. The van der Waals surface area contributed by atoms with Crippen LogP contribution in [0.3, 0.4) is 0 Å². The number of rotatable bonds is 12. The van der Waals surface area contributed by atoms with Crippen LogP contribution < -0.4 is 9.62 Å². The third kappa shape index (κ3) is 7.37. The number of nitrogens with zero attached hydrogens (tertiary/aromatic N) is 2. The largest absolute Gasteiger partial charge is 0.355 e. The van der Waals surface area contributed by atoms with Crippen molar-refractivity contribution in [3.8, 4) is 0 Å². The summed E-state index contributed by atoms with van der Waals surface area (Å²) in [6.07, 6.45) is 0.156. The van der Waals surface area contributed by atoms with Gasteiger partial charge in [-0.05, 0) is 42.8 Å². The average Bonchev–Trinajstić information content (AvgIpc) is 3.00. The molecular formula is C32H32FN3O4S. The summed E-state index contributed by atoms with van der Waals surface area (Å²) in [4.78, 5) is 28.9. The molecule has 0 saturated heterocycles. The van der Waals surface area contributed by atoms with Crippen LogP contribution in [-0.2, 0) is 32.6 Å². The fraction of sp³-hybridized carbons (Fsp3) is 0.188. The Bertz CT molecular complexity index is 1550. The topological polar surface area (TPSA) is 86.8 Å². The minimum Gasteiger partial charge on any atom is -0.355 e. The molecule has 1 atom stereocenters. The van der Waals surface area contributed by atoms with E-state index in [9.17, 15) is 22.4 Å². The first-order valence-corrected chi connectivity index (χ1v) is 14.7. The summed E-state index contributed by atoms with van der Waals surface area (Å²) < 4.78 is 43.5. The van der Waals surface area contributed by atoms with Crippen LogP contribution in [0.4, 0.5) is 10.1 Å². The lowest BCUT2D eigenvalue weighted by molar-refractivity contribution is -0.140. The van der Waals surface area contributed by atoms with Crippen LogP contribution in [0, 0.1) is 5.82 Å². The lowest BCUT2D eigenvalue weighted by Crippen LogP contribution is -2.53. The van der Waals surface area contributed by atoms with Gasteiger partial charge in [-0.25, -0.2) is 12.8 Å². The van der Waals surface area contributed by atoms with Crippen LogP contribution >= 0.6 is 0 Å². The highest BCUT2D eigenvalue weighted by Crippen LogP contribution is 2.25. The van der Waals surface area contributed by atoms with Crippen molar-refractivity contribution in [3.63, 3.8) is 0 Å². The molecule has 0 aliphatic carbocycles. The maximum Gasteiger partial charge on any atom is 0.264 e. The van der Waals surface area contributed by atoms with Gasteiger partial charge in [-0.15, -0.1) is 0 Å². The van der Waals surface area contributed by atoms with E-state index < -0.39 is 40.2 Å². The number of anilines is 1. The van der Waals surface area contributed by atoms with Crippen molar-refractivity contribution in [2.24, 2.45) is 0 Å². The molecule has 0 bridgehead atoms. The highest BCUT2D eigenvalue weighted by molar-refractivity contribution is 7.92. The molecule has 1 N–H and O–H groups in total. The Morgan fingerprint density at radius 2 is 1.37 bits per heavy atom. The van der Waals surface area contributed by atoms with Gasteiger partial charge in [0.25, 0.3) is 10.0 Å². The number of para-hydroxylation sites is 1. The molecule has 212 valence electrons. The van der Waals surface area contributed by atoms with Gasteiger partial charge in [0.2, 0.25) is 11.8 Å². The quantitative estimate of drug-likeness (QED) is 0.264. The fourth-order valence-electron chi connectivity index (χ4n) is 4.50. The van der Waals surface area contributed by atoms with Crippen molar-refractivity contribution < 1.29 is 22.4 Å². The second-order valence-electron chi connectivity index (χ2n) is 9.37. The summed E-state index contributed by atoms with van der Waals surface area (Å²) in [5.74, 6) is -1.60. The molecule has 0 aromatic heterocycles. The van der Waals surface area contributed by atoms with Crippen LogP contribution in [0.2, 0.25) is 0 Å². The van der Waals surface area contributed by atoms with E-state index >= 15 is 0 Å².